The van der Waals surface area contributed by atoms with Gasteiger partial charge in [-0.05, 0) is 76.5 Å². The van der Waals surface area contributed by atoms with E-state index in [-0.39, 0.29) is 42.1 Å². The van der Waals surface area contributed by atoms with Crippen molar-refractivity contribution < 1.29 is 39.6 Å². The summed E-state index contributed by atoms with van der Waals surface area (Å²) in [6, 6.07) is 1.63. The third-order valence-electron chi connectivity index (χ3n) is 8.47. The zero-order valence-corrected chi connectivity index (χ0v) is 21.2. The Labute approximate surface area is 218 Å². The number of aliphatic hydroxyl groups excluding tert-OH is 2. The van der Waals surface area contributed by atoms with E-state index in [2.05, 4.69) is 0 Å². The van der Waals surface area contributed by atoms with Gasteiger partial charge in [-0.1, -0.05) is 0 Å². The average Bonchev–Trinajstić information content (AvgIpc) is 3.34. The molecule has 0 unspecified atom stereocenters. The van der Waals surface area contributed by atoms with Gasteiger partial charge in [0.15, 0.2) is 17.2 Å². The van der Waals surface area contributed by atoms with Crippen LogP contribution in [0.4, 0.5) is 0 Å². The van der Waals surface area contributed by atoms with E-state index in [1.807, 2.05) is 4.90 Å². The standard InChI is InChI=1S/C27H31N3O8/c1-29(2)21-15-10-12-9-14-13(17(32)11-30-7-3-4-8-30)5-6-16(31)19(14)22(33)18(12)24(35)27(15,38)25(36)20(23(21)34)26(28)37/h5-6,12,15,21,31,33,36,38H,3-4,7-11H2,1-2H3,(H2,28,37)/t12-,15-,21-,27-/m0/s1. The summed E-state index contributed by atoms with van der Waals surface area (Å²) >= 11 is 0. The number of primary amides is 1. The molecule has 1 saturated heterocycles. The molecule has 1 heterocycles. The second-order valence-electron chi connectivity index (χ2n) is 10.9. The summed E-state index contributed by atoms with van der Waals surface area (Å²) in [5.74, 6) is -7.32. The lowest BCUT2D eigenvalue weighted by atomic mass is 9.57. The predicted octanol–water partition coefficient (Wildman–Crippen LogP) is 0.243. The van der Waals surface area contributed by atoms with Gasteiger partial charge in [-0.15, -0.1) is 0 Å². The van der Waals surface area contributed by atoms with Crippen molar-refractivity contribution in [3.05, 3.63) is 45.7 Å². The highest BCUT2D eigenvalue weighted by Crippen LogP contribution is 2.53. The Kier molecular flexibility index (Phi) is 6.20. The lowest BCUT2D eigenvalue weighted by Crippen LogP contribution is -2.65. The quantitative estimate of drug-likeness (QED) is 0.264. The highest BCUT2D eigenvalue weighted by Gasteiger charge is 2.64. The smallest absolute Gasteiger partial charge is 0.255 e. The predicted molar refractivity (Wildman–Crippen MR) is 134 cm³/mol. The fourth-order valence-corrected chi connectivity index (χ4v) is 6.73. The number of hydrogen-bond donors (Lipinski definition) is 5. The second kappa shape index (κ2) is 9.04. The number of likely N-dealkylation sites (N-methyl/N-ethyl adjacent to an activating group) is 1. The zero-order valence-electron chi connectivity index (χ0n) is 21.2. The summed E-state index contributed by atoms with van der Waals surface area (Å²) in [4.78, 5) is 55.8. The molecule has 11 heteroatoms. The van der Waals surface area contributed by atoms with Crippen molar-refractivity contribution in [2.45, 2.75) is 37.3 Å². The Hall–Kier alpha value is -3.54. The Bertz CT molecular complexity index is 1340. The number of phenols is 1. The first-order valence-electron chi connectivity index (χ1n) is 12.6. The number of likely N-dealkylation sites (tertiary alicyclic amines) is 1. The van der Waals surface area contributed by atoms with Crippen molar-refractivity contribution in [2.75, 3.05) is 33.7 Å². The maximum atomic E-state index is 13.9. The van der Waals surface area contributed by atoms with Crippen molar-refractivity contribution in [3.63, 3.8) is 0 Å². The Morgan fingerprint density at radius 3 is 2.39 bits per heavy atom. The van der Waals surface area contributed by atoms with Crippen molar-refractivity contribution in [2.24, 2.45) is 17.6 Å². The second-order valence-corrected chi connectivity index (χ2v) is 10.9. The molecule has 0 radical (unpaired) electrons. The van der Waals surface area contributed by atoms with Crippen LogP contribution in [0.15, 0.2) is 29.0 Å². The summed E-state index contributed by atoms with van der Waals surface area (Å²) in [7, 11) is 3.08. The summed E-state index contributed by atoms with van der Waals surface area (Å²) in [5, 5.41) is 44.5. The van der Waals surface area contributed by atoms with Crippen LogP contribution in [-0.2, 0) is 20.8 Å². The van der Waals surface area contributed by atoms with Crippen LogP contribution in [0.2, 0.25) is 0 Å². The lowest BCUT2D eigenvalue weighted by Gasteiger charge is -2.50. The molecule has 1 saturated carbocycles. The average molecular weight is 526 g/mol. The van der Waals surface area contributed by atoms with Gasteiger partial charge in [0.05, 0.1) is 18.2 Å². The van der Waals surface area contributed by atoms with Gasteiger partial charge in [0.2, 0.25) is 5.78 Å². The molecular weight excluding hydrogens is 494 g/mol. The van der Waals surface area contributed by atoms with E-state index in [4.69, 9.17) is 5.73 Å². The van der Waals surface area contributed by atoms with Crippen molar-refractivity contribution in [1.29, 1.82) is 0 Å². The molecule has 3 aliphatic carbocycles. The van der Waals surface area contributed by atoms with Gasteiger partial charge in [-0.3, -0.25) is 29.0 Å². The van der Waals surface area contributed by atoms with Crippen LogP contribution in [0.25, 0.3) is 5.76 Å². The van der Waals surface area contributed by atoms with Gasteiger partial charge in [0.1, 0.15) is 22.8 Å². The van der Waals surface area contributed by atoms with Crippen molar-refractivity contribution in [3.8, 4) is 5.75 Å². The van der Waals surface area contributed by atoms with E-state index < -0.39 is 58.0 Å². The molecule has 0 bridgehead atoms. The van der Waals surface area contributed by atoms with Gasteiger partial charge in [-0.2, -0.15) is 0 Å². The first-order chi connectivity index (χ1) is 17.9. The number of amides is 1. The van der Waals surface area contributed by atoms with Crippen LogP contribution in [-0.4, -0.2) is 98.9 Å². The SMILES string of the molecule is CN(C)[C@@H]1C(=O)C(C(N)=O)=C(O)[C@@]2(O)C(=O)C3=C(O)c4c(O)ccc(C(=O)CN5CCCC5)c4C[C@H]3C[C@@H]12. The normalized spacial score (nSPS) is 29.4. The molecule has 11 nitrogen and oxygen atoms in total. The number of phenolic OH excluding ortho intramolecular Hbond substituents is 1. The molecular formula is C27H31N3O8. The van der Waals surface area contributed by atoms with Crippen LogP contribution < -0.4 is 5.73 Å². The highest BCUT2D eigenvalue weighted by molar-refractivity contribution is 6.24. The van der Waals surface area contributed by atoms with E-state index in [1.54, 1.807) is 14.1 Å². The lowest BCUT2D eigenvalue weighted by molar-refractivity contribution is -0.153. The fourth-order valence-electron chi connectivity index (χ4n) is 6.73. The van der Waals surface area contributed by atoms with Gasteiger partial charge in [0.25, 0.3) is 5.91 Å². The third-order valence-corrected chi connectivity index (χ3v) is 8.47. The number of Topliss-reactive ketones (excluding diaryl/α,β-unsaturated/α-hetero) is 3. The molecule has 1 aromatic rings. The molecule has 38 heavy (non-hydrogen) atoms. The van der Waals surface area contributed by atoms with E-state index >= 15 is 0 Å². The number of aliphatic hydroxyl groups is 3. The third kappa shape index (κ3) is 3.60. The number of carbonyl (C=O) groups is 4. The van der Waals surface area contributed by atoms with Gasteiger partial charge in [0, 0.05) is 17.1 Å². The van der Waals surface area contributed by atoms with E-state index in [1.165, 1.54) is 17.0 Å². The molecule has 1 amide bonds. The highest BCUT2D eigenvalue weighted by atomic mass is 16.3. The minimum Gasteiger partial charge on any atom is -0.508 e. The Morgan fingerprint density at radius 2 is 1.79 bits per heavy atom. The number of fused-ring (bicyclic) bond motifs is 3. The molecule has 6 N–H and O–H groups in total. The fraction of sp³-hybridized carbons (Fsp3) is 0.481. The number of rotatable bonds is 5. The summed E-state index contributed by atoms with van der Waals surface area (Å²) in [5.41, 5.74) is 2.18. The minimum atomic E-state index is -2.69. The summed E-state index contributed by atoms with van der Waals surface area (Å²) in [6.07, 6.45) is 2.07. The number of carbonyl (C=O) groups excluding carboxylic acids is 4. The van der Waals surface area contributed by atoms with Crippen molar-refractivity contribution >= 4 is 29.0 Å². The number of nitrogens with zero attached hydrogens (tertiary/aromatic N) is 2. The van der Waals surface area contributed by atoms with Gasteiger partial charge >= 0.3 is 0 Å². The molecule has 1 aliphatic heterocycles. The number of hydrogen-bond acceptors (Lipinski definition) is 10. The van der Waals surface area contributed by atoms with Crippen LogP contribution >= 0.6 is 0 Å². The first-order valence-corrected chi connectivity index (χ1v) is 12.6. The van der Waals surface area contributed by atoms with Crippen LogP contribution in [0.1, 0.15) is 40.7 Å². The molecule has 2 fully saturated rings. The molecule has 0 aromatic heterocycles. The number of aromatic hydroxyl groups is 1. The van der Waals surface area contributed by atoms with E-state index in [9.17, 15) is 39.6 Å². The maximum Gasteiger partial charge on any atom is 0.255 e. The van der Waals surface area contributed by atoms with Crippen LogP contribution in [0.3, 0.4) is 0 Å². The van der Waals surface area contributed by atoms with Gasteiger partial charge in [-0.25, -0.2) is 0 Å². The molecule has 4 atom stereocenters. The van der Waals surface area contributed by atoms with E-state index in [0.717, 1.165) is 25.9 Å². The monoisotopic (exact) mass is 525 g/mol. The Balaban J connectivity index is 1.65. The summed E-state index contributed by atoms with van der Waals surface area (Å²) in [6.45, 7) is 1.80. The topological polar surface area (TPSA) is 182 Å². The van der Waals surface area contributed by atoms with Crippen LogP contribution in [0.5, 0.6) is 5.75 Å². The summed E-state index contributed by atoms with van der Waals surface area (Å²) < 4.78 is 0. The Morgan fingerprint density at radius 1 is 1.13 bits per heavy atom. The van der Waals surface area contributed by atoms with Crippen LogP contribution in [0, 0.1) is 11.8 Å². The maximum absolute atomic E-state index is 13.9. The number of nitrogens with two attached hydrogens (primary N) is 1. The largest absolute Gasteiger partial charge is 0.508 e. The molecule has 1 aromatic carbocycles. The molecule has 5 rings (SSSR count). The minimum absolute atomic E-state index is 0.0266. The zero-order chi connectivity index (χ0) is 27.7. The number of ketones is 3. The number of benzene rings is 1. The molecule has 4 aliphatic rings. The van der Waals surface area contributed by atoms with Gasteiger partial charge < -0.3 is 26.2 Å². The molecule has 0 spiro atoms. The first kappa shape index (κ1) is 26.1. The van der Waals surface area contributed by atoms with Crippen molar-refractivity contribution in [1.82, 2.24) is 9.80 Å². The van der Waals surface area contributed by atoms with E-state index in [0.29, 0.717) is 11.1 Å². The molecule has 202 valence electrons.